The van der Waals surface area contributed by atoms with Crippen LogP contribution in [0.3, 0.4) is 0 Å². The molecule has 11 heteroatoms. The number of nitrogens with one attached hydrogen (secondary N) is 1. The summed E-state index contributed by atoms with van der Waals surface area (Å²) >= 11 is 5.65. The molecule has 0 heterocycles. The number of halogens is 4. The monoisotopic (exact) mass is 523 g/mol. The van der Waals surface area contributed by atoms with Gasteiger partial charge in [-0.25, -0.2) is 4.79 Å². The van der Waals surface area contributed by atoms with Gasteiger partial charge in [-0.15, -0.1) is 0 Å². The second-order valence-corrected chi connectivity index (χ2v) is 7.70. The standard InChI is InChI=1S/C25H21ClF3NO6/c1-33-19-11-15(12-20(34-2)22(19)35-3)24(32)36-21(14-7-5-4-6-8-14)23(31)30-16-9-10-18(26)17(13-16)25(27,28)29/h4-13,21H,1-3H3,(H,30,31)/t21-/m0/s1. The molecule has 0 saturated carbocycles. The SMILES string of the molecule is COc1cc(C(=O)O[C@H](C(=O)Nc2ccc(Cl)c(C(F)(F)F)c2)c2ccccc2)cc(OC)c1OC. The fraction of sp³-hybridized carbons (Fsp3) is 0.200. The molecule has 0 radical (unpaired) electrons. The van der Waals surface area contributed by atoms with Crippen LogP contribution in [0.4, 0.5) is 18.9 Å². The number of anilines is 1. The zero-order chi connectivity index (χ0) is 26.5. The van der Waals surface area contributed by atoms with Gasteiger partial charge in [-0.1, -0.05) is 41.9 Å². The van der Waals surface area contributed by atoms with Crippen molar-refractivity contribution >= 4 is 29.2 Å². The van der Waals surface area contributed by atoms with Gasteiger partial charge in [0.15, 0.2) is 11.5 Å². The van der Waals surface area contributed by atoms with Gasteiger partial charge in [0.25, 0.3) is 5.91 Å². The number of hydrogen-bond acceptors (Lipinski definition) is 6. The summed E-state index contributed by atoms with van der Waals surface area (Å²) < 4.78 is 60.9. The highest BCUT2D eigenvalue weighted by molar-refractivity contribution is 6.31. The van der Waals surface area contributed by atoms with Crippen molar-refractivity contribution < 1.29 is 41.7 Å². The second-order valence-electron chi connectivity index (χ2n) is 7.29. The molecule has 0 bridgehead atoms. The number of rotatable bonds is 8. The predicted octanol–water partition coefficient (Wildman–Crippen LogP) is 5.92. The fourth-order valence-corrected chi connectivity index (χ4v) is 3.53. The van der Waals surface area contributed by atoms with Crippen LogP contribution in [0.1, 0.15) is 27.6 Å². The Hall–Kier alpha value is -3.92. The predicted molar refractivity (Wildman–Crippen MR) is 126 cm³/mol. The van der Waals surface area contributed by atoms with E-state index in [0.29, 0.717) is 11.6 Å². The molecule has 0 aromatic heterocycles. The van der Waals surface area contributed by atoms with E-state index in [-0.39, 0.29) is 28.5 Å². The lowest BCUT2D eigenvalue weighted by molar-refractivity contribution is -0.137. The number of amides is 1. The highest BCUT2D eigenvalue weighted by Crippen LogP contribution is 2.39. The van der Waals surface area contributed by atoms with Crippen molar-refractivity contribution in [3.05, 3.63) is 82.4 Å². The van der Waals surface area contributed by atoms with Gasteiger partial charge >= 0.3 is 12.1 Å². The van der Waals surface area contributed by atoms with Crippen molar-refractivity contribution in [1.29, 1.82) is 0 Å². The molecule has 3 rings (SSSR count). The minimum atomic E-state index is -4.73. The molecule has 1 N–H and O–H groups in total. The van der Waals surface area contributed by atoms with Gasteiger partial charge in [-0.2, -0.15) is 13.2 Å². The molecule has 3 aromatic rings. The van der Waals surface area contributed by atoms with Crippen LogP contribution < -0.4 is 19.5 Å². The summed E-state index contributed by atoms with van der Waals surface area (Å²) in [6, 6.07) is 13.6. The van der Waals surface area contributed by atoms with Crippen LogP contribution in [0.25, 0.3) is 0 Å². The van der Waals surface area contributed by atoms with Crippen molar-refractivity contribution in [2.75, 3.05) is 26.6 Å². The Morgan fingerprint density at radius 2 is 1.50 bits per heavy atom. The third-order valence-electron chi connectivity index (χ3n) is 5.01. The van der Waals surface area contributed by atoms with E-state index >= 15 is 0 Å². The van der Waals surface area contributed by atoms with Crippen LogP contribution in [0.15, 0.2) is 60.7 Å². The molecule has 0 saturated heterocycles. The fourth-order valence-electron chi connectivity index (χ4n) is 3.30. The molecule has 0 aliphatic rings. The minimum absolute atomic E-state index is 0.0101. The summed E-state index contributed by atoms with van der Waals surface area (Å²) in [7, 11) is 4.14. The van der Waals surface area contributed by atoms with Crippen molar-refractivity contribution in [3.8, 4) is 17.2 Å². The Balaban J connectivity index is 1.94. The summed E-state index contributed by atoms with van der Waals surface area (Å²) in [4.78, 5) is 26.1. The molecule has 0 spiro atoms. The lowest BCUT2D eigenvalue weighted by Gasteiger charge is -2.20. The third-order valence-corrected chi connectivity index (χ3v) is 5.33. The van der Waals surface area contributed by atoms with E-state index < -0.39 is 34.7 Å². The third kappa shape index (κ3) is 6.01. The summed E-state index contributed by atoms with van der Waals surface area (Å²) in [6.45, 7) is 0. The summed E-state index contributed by atoms with van der Waals surface area (Å²) in [5.74, 6) is -1.17. The largest absolute Gasteiger partial charge is 0.493 e. The lowest BCUT2D eigenvalue weighted by Crippen LogP contribution is -2.26. The van der Waals surface area contributed by atoms with Gasteiger partial charge in [0.05, 0.1) is 37.5 Å². The quantitative estimate of drug-likeness (QED) is 0.369. The maximum Gasteiger partial charge on any atom is 0.417 e. The Morgan fingerprint density at radius 3 is 2.03 bits per heavy atom. The molecule has 0 unspecified atom stereocenters. The van der Waals surface area contributed by atoms with Crippen LogP contribution in [0.2, 0.25) is 5.02 Å². The number of carbonyl (C=O) groups excluding carboxylic acids is 2. The molecule has 3 aromatic carbocycles. The average Bonchev–Trinajstić information content (AvgIpc) is 2.86. The van der Waals surface area contributed by atoms with Gasteiger partial charge < -0.3 is 24.3 Å². The average molecular weight is 524 g/mol. The molecule has 0 aliphatic heterocycles. The highest BCUT2D eigenvalue weighted by Gasteiger charge is 2.34. The van der Waals surface area contributed by atoms with Crippen LogP contribution in [-0.4, -0.2) is 33.2 Å². The first-order valence-corrected chi connectivity index (χ1v) is 10.7. The van der Waals surface area contributed by atoms with E-state index in [0.717, 1.165) is 6.07 Å². The van der Waals surface area contributed by atoms with E-state index in [2.05, 4.69) is 5.32 Å². The summed E-state index contributed by atoms with van der Waals surface area (Å²) in [5, 5.41) is 1.84. The number of esters is 1. The van der Waals surface area contributed by atoms with E-state index in [9.17, 15) is 22.8 Å². The van der Waals surface area contributed by atoms with Crippen LogP contribution in [0, 0.1) is 0 Å². The first kappa shape index (κ1) is 26.7. The molecule has 0 fully saturated rings. The number of methoxy groups -OCH3 is 3. The number of hydrogen-bond donors (Lipinski definition) is 1. The molecular formula is C25H21ClF3NO6. The summed E-state index contributed by atoms with van der Waals surface area (Å²) in [5.41, 5.74) is -1.01. The number of benzene rings is 3. The van der Waals surface area contributed by atoms with E-state index in [1.54, 1.807) is 18.2 Å². The van der Waals surface area contributed by atoms with Crippen LogP contribution in [-0.2, 0) is 15.7 Å². The smallest absolute Gasteiger partial charge is 0.417 e. The Kier molecular flexibility index (Phi) is 8.31. The molecular weight excluding hydrogens is 503 g/mol. The number of alkyl halides is 3. The zero-order valence-electron chi connectivity index (χ0n) is 19.3. The van der Waals surface area contributed by atoms with Gasteiger partial charge in [0.2, 0.25) is 11.9 Å². The first-order valence-electron chi connectivity index (χ1n) is 10.3. The van der Waals surface area contributed by atoms with Crippen molar-refractivity contribution in [1.82, 2.24) is 0 Å². The molecule has 7 nitrogen and oxygen atoms in total. The molecule has 1 amide bonds. The second kappa shape index (κ2) is 11.2. The van der Waals surface area contributed by atoms with E-state index in [1.165, 1.54) is 51.7 Å². The van der Waals surface area contributed by atoms with Crippen LogP contribution in [0.5, 0.6) is 17.2 Å². The lowest BCUT2D eigenvalue weighted by atomic mass is 10.1. The number of carbonyl (C=O) groups is 2. The highest BCUT2D eigenvalue weighted by atomic mass is 35.5. The van der Waals surface area contributed by atoms with Gasteiger partial charge in [-0.05, 0) is 30.3 Å². The Labute approximate surface area is 209 Å². The van der Waals surface area contributed by atoms with Crippen molar-refractivity contribution in [2.24, 2.45) is 0 Å². The van der Waals surface area contributed by atoms with Crippen LogP contribution >= 0.6 is 11.6 Å². The maximum absolute atomic E-state index is 13.2. The maximum atomic E-state index is 13.2. The molecule has 1 atom stereocenters. The normalized spacial score (nSPS) is 11.9. The van der Waals surface area contributed by atoms with Gasteiger partial charge in [-0.3, -0.25) is 4.79 Å². The van der Waals surface area contributed by atoms with Gasteiger partial charge in [0.1, 0.15) is 0 Å². The summed E-state index contributed by atoms with van der Waals surface area (Å²) in [6.07, 6.45) is -6.22. The molecule has 190 valence electrons. The van der Waals surface area contributed by atoms with Gasteiger partial charge in [0, 0.05) is 11.3 Å². The molecule has 0 aliphatic carbocycles. The van der Waals surface area contributed by atoms with Crippen molar-refractivity contribution in [3.63, 3.8) is 0 Å². The topological polar surface area (TPSA) is 83.1 Å². The molecule has 36 heavy (non-hydrogen) atoms. The van der Waals surface area contributed by atoms with E-state index in [1.807, 2.05) is 0 Å². The van der Waals surface area contributed by atoms with E-state index in [4.69, 9.17) is 30.5 Å². The van der Waals surface area contributed by atoms with Crippen molar-refractivity contribution in [2.45, 2.75) is 12.3 Å². The Bertz CT molecular complexity index is 1230. The first-order chi connectivity index (χ1) is 17.1. The zero-order valence-corrected chi connectivity index (χ0v) is 20.1. The number of ether oxygens (including phenoxy) is 4. The Morgan fingerprint density at radius 1 is 0.889 bits per heavy atom. The minimum Gasteiger partial charge on any atom is -0.493 e.